The molecule has 0 fully saturated rings. The highest BCUT2D eigenvalue weighted by atomic mass is 16.3. The van der Waals surface area contributed by atoms with Gasteiger partial charge in [0.05, 0.1) is 12.7 Å². The maximum absolute atomic E-state index is 11.5. The predicted molar refractivity (Wildman–Crippen MR) is 62.9 cm³/mol. The topological polar surface area (TPSA) is 57.5 Å². The van der Waals surface area contributed by atoms with Gasteiger partial charge in [-0.25, -0.2) is 0 Å². The molecule has 0 radical (unpaired) electrons. The van der Waals surface area contributed by atoms with E-state index in [9.17, 15) is 15.0 Å². The fourth-order valence-electron chi connectivity index (χ4n) is 2.21. The number of carbonyl (C=O) groups is 1. The van der Waals surface area contributed by atoms with Crippen molar-refractivity contribution in [2.45, 2.75) is 33.3 Å². The molecule has 90 valence electrons. The number of aliphatic hydroxyl groups is 2. The van der Waals surface area contributed by atoms with Crippen LogP contribution in [0.25, 0.3) is 0 Å². The summed E-state index contributed by atoms with van der Waals surface area (Å²) >= 11 is 0. The van der Waals surface area contributed by atoms with Crippen LogP contribution in [0.4, 0.5) is 0 Å². The summed E-state index contributed by atoms with van der Waals surface area (Å²) in [6.45, 7) is 5.58. The van der Waals surface area contributed by atoms with Crippen LogP contribution in [0.3, 0.4) is 0 Å². The minimum atomic E-state index is -0.506. The summed E-state index contributed by atoms with van der Waals surface area (Å²) in [5.74, 6) is 0.0838. The normalized spacial score (nSPS) is 26.9. The Kier molecular flexibility index (Phi) is 4.05. The van der Waals surface area contributed by atoms with Crippen LogP contribution >= 0.6 is 0 Å². The molecule has 2 atom stereocenters. The molecule has 0 amide bonds. The summed E-state index contributed by atoms with van der Waals surface area (Å²) in [5.41, 5.74) is 0.535. The van der Waals surface area contributed by atoms with Crippen LogP contribution in [0.5, 0.6) is 0 Å². The molecule has 0 heterocycles. The van der Waals surface area contributed by atoms with Gasteiger partial charge in [0.1, 0.15) is 0 Å². The highest BCUT2D eigenvalue weighted by molar-refractivity contribution is 5.92. The van der Waals surface area contributed by atoms with Crippen molar-refractivity contribution >= 4 is 5.78 Å². The molecule has 0 saturated heterocycles. The van der Waals surface area contributed by atoms with Gasteiger partial charge in [0.25, 0.3) is 0 Å². The average Bonchev–Trinajstić information content (AvgIpc) is 2.13. The fourth-order valence-corrected chi connectivity index (χ4v) is 2.21. The summed E-state index contributed by atoms with van der Waals surface area (Å²) < 4.78 is 0. The first-order valence-electron chi connectivity index (χ1n) is 5.57. The van der Waals surface area contributed by atoms with E-state index in [1.807, 2.05) is 19.9 Å². The minimum absolute atomic E-state index is 0.0183. The van der Waals surface area contributed by atoms with Crippen molar-refractivity contribution in [2.24, 2.45) is 11.3 Å². The third-order valence-corrected chi connectivity index (χ3v) is 2.98. The van der Waals surface area contributed by atoms with E-state index < -0.39 is 6.10 Å². The highest BCUT2D eigenvalue weighted by Gasteiger charge is 2.35. The van der Waals surface area contributed by atoms with Crippen LogP contribution in [-0.2, 0) is 4.79 Å². The predicted octanol–water partition coefficient (Wildman–Crippen LogP) is 1.46. The van der Waals surface area contributed by atoms with Gasteiger partial charge < -0.3 is 10.2 Å². The van der Waals surface area contributed by atoms with E-state index in [-0.39, 0.29) is 23.7 Å². The molecule has 3 nitrogen and oxygen atoms in total. The van der Waals surface area contributed by atoms with Crippen molar-refractivity contribution in [3.05, 3.63) is 23.8 Å². The number of rotatable bonds is 3. The molecular formula is C13H20O3. The zero-order chi connectivity index (χ0) is 12.3. The highest BCUT2D eigenvalue weighted by Crippen LogP contribution is 2.40. The van der Waals surface area contributed by atoms with Crippen LogP contribution in [-0.4, -0.2) is 28.7 Å². The van der Waals surface area contributed by atoms with Crippen molar-refractivity contribution in [1.29, 1.82) is 0 Å². The summed E-state index contributed by atoms with van der Waals surface area (Å²) in [6.07, 6.45) is 5.09. The van der Waals surface area contributed by atoms with Gasteiger partial charge in [-0.1, -0.05) is 26.0 Å². The molecular weight excluding hydrogens is 204 g/mol. The maximum Gasteiger partial charge on any atom is 0.156 e. The van der Waals surface area contributed by atoms with Crippen LogP contribution < -0.4 is 0 Å². The number of ketones is 1. The van der Waals surface area contributed by atoms with Crippen molar-refractivity contribution in [2.75, 3.05) is 6.61 Å². The fraction of sp³-hybridized carbons (Fsp3) is 0.615. The molecule has 1 aliphatic carbocycles. The zero-order valence-electron chi connectivity index (χ0n) is 10.1. The first kappa shape index (κ1) is 13.1. The molecule has 0 spiro atoms. The van der Waals surface area contributed by atoms with E-state index in [4.69, 9.17) is 0 Å². The van der Waals surface area contributed by atoms with Gasteiger partial charge in [0, 0.05) is 12.3 Å². The molecule has 2 unspecified atom stereocenters. The van der Waals surface area contributed by atoms with E-state index in [2.05, 4.69) is 0 Å². The third kappa shape index (κ3) is 3.03. The Balaban J connectivity index is 3.00. The number of aliphatic hydroxyl groups excluding tert-OH is 2. The molecule has 0 aliphatic heterocycles. The zero-order valence-corrected chi connectivity index (χ0v) is 10.1. The Hall–Kier alpha value is -0.930. The van der Waals surface area contributed by atoms with E-state index in [0.29, 0.717) is 6.42 Å². The van der Waals surface area contributed by atoms with Gasteiger partial charge in [-0.15, -0.1) is 0 Å². The van der Waals surface area contributed by atoms with E-state index >= 15 is 0 Å². The first-order chi connectivity index (χ1) is 7.36. The smallest absolute Gasteiger partial charge is 0.156 e. The lowest BCUT2D eigenvalue weighted by atomic mass is 9.68. The second-order valence-electron chi connectivity index (χ2n) is 5.11. The molecule has 16 heavy (non-hydrogen) atoms. The van der Waals surface area contributed by atoms with Crippen LogP contribution in [0.15, 0.2) is 23.8 Å². The molecule has 2 N–H and O–H groups in total. The molecule has 0 aromatic rings. The third-order valence-electron chi connectivity index (χ3n) is 2.98. The lowest BCUT2D eigenvalue weighted by Gasteiger charge is -2.36. The number of allylic oxidation sites excluding steroid dienone is 2. The van der Waals surface area contributed by atoms with Crippen molar-refractivity contribution in [3.8, 4) is 0 Å². The maximum atomic E-state index is 11.5. The molecule has 0 saturated carbocycles. The molecule has 0 aromatic heterocycles. The van der Waals surface area contributed by atoms with Crippen LogP contribution in [0.2, 0.25) is 0 Å². The summed E-state index contributed by atoms with van der Waals surface area (Å²) in [6, 6.07) is 0. The Labute approximate surface area is 96.5 Å². The van der Waals surface area contributed by atoms with Gasteiger partial charge in [0.15, 0.2) is 5.78 Å². The lowest BCUT2D eigenvalue weighted by molar-refractivity contribution is -0.117. The molecule has 3 heteroatoms. The molecule has 1 aliphatic rings. The van der Waals surface area contributed by atoms with Gasteiger partial charge >= 0.3 is 0 Å². The van der Waals surface area contributed by atoms with Gasteiger partial charge in [-0.3, -0.25) is 4.79 Å². The average molecular weight is 224 g/mol. The summed E-state index contributed by atoms with van der Waals surface area (Å²) in [4.78, 5) is 11.5. The second kappa shape index (κ2) is 4.93. The number of carbonyl (C=O) groups excluding carboxylic acids is 1. The molecule has 0 bridgehead atoms. The lowest BCUT2D eigenvalue weighted by Crippen LogP contribution is -2.32. The van der Waals surface area contributed by atoms with Gasteiger partial charge in [-0.2, -0.15) is 0 Å². The Bertz CT molecular complexity index is 324. The Morgan fingerprint density at radius 3 is 2.75 bits per heavy atom. The van der Waals surface area contributed by atoms with E-state index in [0.717, 1.165) is 5.57 Å². The number of hydrogen-bond donors (Lipinski definition) is 2. The van der Waals surface area contributed by atoms with Crippen LogP contribution in [0, 0.1) is 11.3 Å². The number of hydrogen-bond acceptors (Lipinski definition) is 3. The minimum Gasteiger partial charge on any atom is -0.392 e. The van der Waals surface area contributed by atoms with Crippen molar-refractivity contribution in [1.82, 2.24) is 0 Å². The van der Waals surface area contributed by atoms with E-state index in [1.165, 1.54) is 6.08 Å². The van der Waals surface area contributed by atoms with E-state index in [1.54, 1.807) is 13.0 Å². The quantitative estimate of drug-likeness (QED) is 0.713. The largest absolute Gasteiger partial charge is 0.392 e. The van der Waals surface area contributed by atoms with Gasteiger partial charge in [0.2, 0.25) is 0 Å². The van der Waals surface area contributed by atoms with Crippen molar-refractivity contribution < 1.29 is 15.0 Å². The standard InChI is InChI=1S/C13H20O3/c1-9(15)4-5-12-10(8-14)6-11(16)7-13(12,2)3/h4-6,9,12,14-15H,7-8H2,1-3H3/b5-4+. The summed E-state index contributed by atoms with van der Waals surface area (Å²) in [7, 11) is 0. The molecule has 1 rings (SSSR count). The SMILES string of the molecule is CC(O)/C=C/C1C(CO)=CC(=O)CC1(C)C. The Morgan fingerprint density at radius 2 is 2.25 bits per heavy atom. The monoisotopic (exact) mass is 224 g/mol. The van der Waals surface area contributed by atoms with Crippen molar-refractivity contribution in [3.63, 3.8) is 0 Å². The van der Waals surface area contributed by atoms with Crippen LogP contribution in [0.1, 0.15) is 27.2 Å². The second-order valence-corrected chi connectivity index (χ2v) is 5.11. The summed E-state index contributed by atoms with van der Waals surface area (Å²) in [5, 5.41) is 18.5. The Morgan fingerprint density at radius 1 is 1.62 bits per heavy atom. The first-order valence-corrected chi connectivity index (χ1v) is 5.57. The van der Waals surface area contributed by atoms with Gasteiger partial charge in [-0.05, 0) is 24.0 Å². The molecule has 0 aromatic carbocycles.